The first kappa shape index (κ1) is 12.0. The van der Waals surface area contributed by atoms with E-state index in [-0.39, 0.29) is 5.60 Å². The molecule has 2 heteroatoms. The molecule has 2 unspecified atom stereocenters. The van der Waals surface area contributed by atoms with Gasteiger partial charge in [0.25, 0.3) is 0 Å². The predicted molar refractivity (Wildman–Crippen MR) is 60.5 cm³/mol. The van der Waals surface area contributed by atoms with Crippen molar-refractivity contribution in [1.82, 2.24) is 5.32 Å². The summed E-state index contributed by atoms with van der Waals surface area (Å²) in [6.45, 7) is 11.0. The summed E-state index contributed by atoms with van der Waals surface area (Å²) in [5, 5.41) is 3.41. The van der Waals surface area contributed by atoms with Gasteiger partial charge in [0.05, 0.1) is 11.7 Å². The fourth-order valence-electron chi connectivity index (χ4n) is 2.09. The van der Waals surface area contributed by atoms with E-state index < -0.39 is 0 Å². The lowest BCUT2D eigenvalue weighted by Gasteiger charge is -2.28. The maximum atomic E-state index is 6.02. The maximum absolute atomic E-state index is 6.02. The Balaban J connectivity index is 2.30. The highest BCUT2D eigenvalue weighted by molar-refractivity contribution is 4.76. The van der Waals surface area contributed by atoms with Crippen molar-refractivity contribution in [3.63, 3.8) is 0 Å². The fourth-order valence-corrected chi connectivity index (χ4v) is 2.09. The van der Waals surface area contributed by atoms with Crippen LogP contribution in [0, 0.1) is 5.92 Å². The third-order valence-electron chi connectivity index (χ3n) is 2.73. The zero-order chi connectivity index (χ0) is 10.6. The minimum absolute atomic E-state index is 0.00666. The first-order chi connectivity index (χ1) is 6.51. The van der Waals surface area contributed by atoms with Crippen molar-refractivity contribution in [2.45, 2.75) is 58.7 Å². The molecule has 1 aliphatic heterocycles. The highest BCUT2D eigenvalue weighted by Crippen LogP contribution is 2.22. The highest BCUT2D eigenvalue weighted by Gasteiger charge is 2.22. The molecule has 0 aromatic heterocycles. The standard InChI is InChI=1S/C12H25NO/c1-5-11(14-12(2,3)4)8-10-6-7-13-9-10/h10-11,13H,5-9H2,1-4H3. The normalized spacial score (nSPS) is 25.3. The van der Waals surface area contributed by atoms with E-state index in [1.165, 1.54) is 25.9 Å². The van der Waals surface area contributed by atoms with E-state index in [4.69, 9.17) is 4.74 Å². The van der Waals surface area contributed by atoms with Crippen molar-refractivity contribution in [2.75, 3.05) is 13.1 Å². The fraction of sp³-hybridized carbons (Fsp3) is 1.00. The molecule has 0 saturated carbocycles. The van der Waals surface area contributed by atoms with E-state index >= 15 is 0 Å². The van der Waals surface area contributed by atoms with Crippen LogP contribution in [0.5, 0.6) is 0 Å². The van der Waals surface area contributed by atoms with Crippen LogP contribution in [-0.4, -0.2) is 24.8 Å². The molecule has 1 fully saturated rings. The number of nitrogens with one attached hydrogen (secondary N) is 1. The number of rotatable bonds is 4. The quantitative estimate of drug-likeness (QED) is 0.751. The van der Waals surface area contributed by atoms with Gasteiger partial charge in [-0.15, -0.1) is 0 Å². The van der Waals surface area contributed by atoms with E-state index in [2.05, 4.69) is 33.0 Å². The summed E-state index contributed by atoms with van der Waals surface area (Å²) in [7, 11) is 0. The monoisotopic (exact) mass is 199 g/mol. The van der Waals surface area contributed by atoms with Crippen LogP contribution in [0.3, 0.4) is 0 Å². The molecule has 14 heavy (non-hydrogen) atoms. The Kier molecular flexibility index (Phi) is 4.39. The van der Waals surface area contributed by atoms with Crippen molar-refractivity contribution >= 4 is 0 Å². The van der Waals surface area contributed by atoms with Crippen LogP contribution in [0.15, 0.2) is 0 Å². The Labute approximate surface area is 88.4 Å². The highest BCUT2D eigenvalue weighted by atomic mass is 16.5. The van der Waals surface area contributed by atoms with Gasteiger partial charge in [-0.25, -0.2) is 0 Å². The second kappa shape index (κ2) is 5.13. The van der Waals surface area contributed by atoms with Crippen LogP contribution in [0.1, 0.15) is 47.0 Å². The van der Waals surface area contributed by atoms with Gasteiger partial charge < -0.3 is 10.1 Å². The van der Waals surface area contributed by atoms with Crippen LogP contribution in [0.2, 0.25) is 0 Å². The summed E-state index contributed by atoms with van der Waals surface area (Å²) in [5.74, 6) is 0.835. The molecule has 0 radical (unpaired) electrons. The van der Waals surface area contributed by atoms with E-state index in [1.54, 1.807) is 0 Å². The molecule has 0 aliphatic carbocycles. The van der Waals surface area contributed by atoms with Crippen LogP contribution in [0.4, 0.5) is 0 Å². The molecule has 1 saturated heterocycles. The molecular formula is C12H25NO. The molecule has 0 aromatic carbocycles. The van der Waals surface area contributed by atoms with E-state index in [0.717, 1.165) is 12.3 Å². The van der Waals surface area contributed by atoms with Crippen LogP contribution >= 0.6 is 0 Å². The lowest BCUT2D eigenvalue weighted by molar-refractivity contribution is -0.0691. The van der Waals surface area contributed by atoms with Gasteiger partial charge in [0.15, 0.2) is 0 Å². The smallest absolute Gasteiger partial charge is 0.0602 e. The van der Waals surface area contributed by atoms with Crippen molar-refractivity contribution in [3.05, 3.63) is 0 Å². The minimum atomic E-state index is 0.00666. The lowest BCUT2D eigenvalue weighted by atomic mass is 9.98. The van der Waals surface area contributed by atoms with E-state index in [1.807, 2.05) is 0 Å². The molecule has 1 heterocycles. The summed E-state index contributed by atoms with van der Waals surface area (Å²) in [5.41, 5.74) is 0.00666. The molecular weight excluding hydrogens is 174 g/mol. The van der Waals surface area contributed by atoms with Crippen LogP contribution in [0.25, 0.3) is 0 Å². The van der Waals surface area contributed by atoms with Crippen molar-refractivity contribution in [1.29, 1.82) is 0 Å². The van der Waals surface area contributed by atoms with Crippen molar-refractivity contribution < 1.29 is 4.74 Å². The topological polar surface area (TPSA) is 21.3 Å². The number of ether oxygens (including phenoxy) is 1. The Bertz CT molecular complexity index is 156. The zero-order valence-electron chi connectivity index (χ0n) is 10.1. The largest absolute Gasteiger partial charge is 0.373 e. The van der Waals surface area contributed by atoms with Crippen LogP contribution < -0.4 is 5.32 Å². The molecule has 0 amide bonds. The molecule has 1 N–H and O–H groups in total. The first-order valence-electron chi connectivity index (χ1n) is 5.90. The number of hydrogen-bond donors (Lipinski definition) is 1. The van der Waals surface area contributed by atoms with Gasteiger partial charge in [-0.3, -0.25) is 0 Å². The van der Waals surface area contributed by atoms with Crippen molar-refractivity contribution in [3.8, 4) is 0 Å². The van der Waals surface area contributed by atoms with Crippen LogP contribution in [-0.2, 0) is 4.74 Å². The molecule has 84 valence electrons. The van der Waals surface area contributed by atoms with Gasteiger partial charge in [-0.1, -0.05) is 6.92 Å². The summed E-state index contributed by atoms with van der Waals surface area (Å²) < 4.78 is 6.02. The van der Waals surface area contributed by atoms with E-state index in [0.29, 0.717) is 6.10 Å². The number of hydrogen-bond acceptors (Lipinski definition) is 2. The zero-order valence-corrected chi connectivity index (χ0v) is 10.1. The van der Waals surface area contributed by atoms with Gasteiger partial charge >= 0.3 is 0 Å². The molecule has 2 atom stereocenters. The third-order valence-corrected chi connectivity index (χ3v) is 2.73. The Morgan fingerprint density at radius 2 is 2.14 bits per heavy atom. The Morgan fingerprint density at radius 1 is 1.43 bits per heavy atom. The second-order valence-electron chi connectivity index (χ2n) is 5.36. The summed E-state index contributed by atoms with van der Waals surface area (Å²) >= 11 is 0. The SMILES string of the molecule is CCC(CC1CCNC1)OC(C)(C)C. The predicted octanol–water partition coefficient (Wildman–Crippen LogP) is 2.58. The Hall–Kier alpha value is -0.0800. The minimum Gasteiger partial charge on any atom is -0.373 e. The summed E-state index contributed by atoms with van der Waals surface area (Å²) in [6.07, 6.45) is 4.12. The third kappa shape index (κ3) is 4.43. The molecule has 1 rings (SSSR count). The average molecular weight is 199 g/mol. The van der Waals surface area contributed by atoms with Gasteiger partial charge in [0, 0.05) is 0 Å². The second-order valence-corrected chi connectivity index (χ2v) is 5.36. The Morgan fingerprint density at radius 3 is 2.57 bits per heavy atom. The summed E-state index contributed by atoms with van der Waals surface area (Å²) in [4.78, 5) is 0. The van der Waals surface area contributed by atoms with Crippen molar-refractivity contribution in [2.24, 2.45) is 5.92 Å². The molecule has 2 nitrogen and oxygen atoms in total. The van der Waals surface area contributed by atoms with Gasteiger partial charge in [-0.2, -0.15) is 0 Å². The van der Waals surface area contributed by atoms with E-state index in [9.17, 15) is 0 Å². The molecule has 0 aromatic rings. The van der Waals surface area contributed by atoms with Gasteiger partial charge in [0.1, 0.15) is 0 Å². The summed E-state index contributed by atoms with van der Waals surface area (Å²) in [6, 6.07) is 0. The molecule has 0 spiro atoms. The average Bonchev–Trinajstić information content (AvgIpc) is 2.53. The lowest BCUT2D eigenvalue weighted by Crippen LogP contribution is -2.29. The maximum Gasteiger partial charge on any atom is 0.0602 e. The van der Waals surface area contributed by atoms with Gasteiger partial charge in [0.2, 0.25) is 0 Å². The first-order valence-corrected chi connectivity index (χ1v) is 5.90. The van der Waals surface area contributed by atoms with Gasteiger partial charge in [-0.05, 0) is 59.0 Å². The molecule has 1 aliphatic rings. The molecule has 0 bridgehead atoms.